The van der Waals surface area contributed by atoms with Gasteiger partial charge < -0.3 is 30.2 Å². The van der Waals surface area contributed by atoms with Crippen LogP contribution in [0.15, 0.2) is 47.7 Å². The first-order valence-electron chi connectivity index (χ1n) is 14.6. The van der Waals surface area contributed by atoms with Crippen LogP contribution in [0.1, 0.15) is 45.1 Å². The Morgan fingerprint density at radius 2 is 1.79 bits per heavy atom. The number of ether oxygens (including phenoxy) is 3. The van der Waals surface area contributed by atoms with E-state index in [0.29, 0.717) is 45.1 Å². The molecule has 2 saturated heterocycles. The number of allylic oxidation sites excluding steroid dienone is 2. The highest BCUT2D eigenvalue weighted by Gasteiger charge is 2.50. The topological polar surface area (TPSA) is 139 Å². The van der Waals surface area contributed by atoms with Gasteiger partial charge in [-0.25, -0.2) is 0 Å². The van der Waals surface area contributed by atoms with Crippen LogP contribution in [0, 0.1) is 0 Å². The van der Waals surface area contributed by atoms with Crippen LogP contribution < -0.4 is 20.7 Å². The van der Waals surface area contributed by atoms with E-state index in [1.807, 2.05) is 17.0 Å². The predicted molar refractivity (Wildman–Crippen MR) is 156 cm³/mol. The van der Waals surface area contributed by atoms with Crippen LogP contribution in [0.4, 0.5) is 0 Å². The summed E-state index contributed by atoms with van der Waals surface area (Å²) in [6.07, 6.45) is 7.06. The van der Waals surface area contributed by atoms with Crippen molar-refractivity contribution in [1.29, 1.82) is 0 Å². The molecule has 3 atom stereocenters. The monoisotopic (exact) mass is 582 g/mol. The summed E-state index contributed by atoms with van der Waals surface area (Å²) in [7, 11) is 1.57. The summed E-state index contributed by atoms with van der Waals surface area (Å²) in [5, 5.41) is 8.38. The van der Waals surface area contributed by atoms with E-state index >= 15 is 0 Å². The minimum Gasteiger partial charge on any atom is -0.497 e. The molecule has 0 radical (unpaired) electrons. The van der Waals surface area contributed by atoms with Gasteiger partial charge in [0.15, 0.2) is 5.78 Å². The predicted octanol–water partition coefficient (Wildman–Crippen LogP) is 1.42. The Kier molecular flexibility index (Phi) is 10.9. The number of Topliss-reactive ketones (excluding diaryl/α,β-unsaturated/α-hetero) is 1. The summed E-state index contributed by atoms with van der Waals surface area (Å²) in [5.41, 5.74) is 1.05. The maximum absolute atomic E-state index is 13.7. The van der Waals surface area contributed by atoms with Crippen molar-refractivity contribution in [3.8, 4) is 5.75 Å². The van der Waals surface area contributed by atoms with Gasteiger partial charge in [0.05, 0.1) is 39.5 Å². The van der Waals surface area contributed by atoms with Crippen molar-refractivity contribution < 1.29 is 33.4 Å². The first-order valence-corrected chi connectivity index (χ1v) is 14.6. The molecule has 0 spiro atoms. The average Bonchev–Trinajstić information content (AvgIpc) is 3.53. The molecule has 11 nitrogen and oxygen atoms in total. The number of hydrogen-bond donors (Lipinski definition) is 3. The van der Waals surface area contributed by atoms with Gasteiger partial charge in [0, 0.05) is 19.5 Å². The number of carbonyl (C=O) groups is 4. The molecule has 2 heterocycles. The Morgan fingerprint density at radius 3 is 2.38 bits per heavy atom. The van der Waals surface area contributed by atoms with E-state index in [9.17, 15) is 19.2 Å². The maximum atomic E-state index is 13.7. The van der Waals surface area contributed by atoms with Gasteiger partial charge in [-0.3, -0.25) is 24.1 Å². The highest BCUT2D eigenvalue weighted by Crippen LogP contribution is 2.31. The molecule has 42 heavy (non-hydrogen) atoms. The number of carbonyl (C=O) groups excluding carboxylic acids is 4. The van der Waals surface area contributed by atoms with Gasteiger partial charge in [-0.1, -0.05) is 29.9 Å². The van der Waals surface area contributed by atoms with E-state index in [2.05, 4.69) is 22.0 Å². The molecule has 2 aliphatic heterocycles. The van der Waals surface area contributed by atoms with Crippen molar-refractivity contribution in [3.05, 3.63) is 53.3 Å². The molecule has 2 fully saturated rings. The van der Waals surface area contributed by atoms with Gasteiger partial charge in [-0.05, 0) is 57.2 Å². The Bertz CT molecular complexity index is 1200. The van der Waals surface area contributed by atoms with Crippen molar-refractivity contribution >= 4 is 23.5 Å². The lowest BCUT2D eigenvalue weighted by Gasteiger charge is -2.26. The highest BCUT2D eigenvalue weighted by molar-refractivity contribution is 6.01. The molecule has 3 amide bonds. The third kappa shape index (κ3) is 8.73. The lowest BCUT2D eigenvalue weighted by Crippen LogP contribution is -2.55. The number of amides is 3. The standard InChI is InChI=1S/C31H42N4O7/c1-4-24(32-27(36)19-35-13-15-41-16-14-35)29(38)34-26(18-22-9-11-23(40-3)12-10-22)30(39)33-25(17-21-7-5-6-8-21)28(37)31(2)20-42-31/h4,7,9-12,25-26H,5-6,8,13-20H2,1-3H3,(H,32,36)(H,33,39)(H,34,38)/t25-,26-,31+/m0/s1. The number of hydrogen-bond acceptors (Lipinski definition) is 8. The Morgan fingerprint density at radius 1 is 1.07 bits per heavy atom. The summed E-state index contributed by atoms with van der Waals surface area (Å²) in [6, 6.07) is 5.39. The number of ketones is 1. The molecule has 4 rings (SSSR count). The van der Waals surface area contributed by atoms with Gasteiger partial charge in [0.1, 0.15) is 23.1 Å². The molecular weight excluding hydrogens is 540 g/mol. The summed E-state index contributed by atoms with van der Waals surface area (Å²) in [6.45, 7) is 6.19. The zero-order valence-corrected chi connectivity index (χ0v) is 24.7. The van der Waals surface area contributed by atoms with Crippen LogP contribution in [0.2, 0.25) is 0 Å². The summed E-state index contributed by atoms with van der Waals surface area (Å²) in [4.78, 5) is 55.1. The highest BCUT2D eigenvalue weighted by atomic mass is 16.6. The molecule has 3 N–H and O–H groups in total. The number of nitrogens with zero attached hydrogens (tertiary/aromatic N) is 1. The Balaban J connectivity index is 1.47. The second-order valence-electron chi connectivity index (χ2n) is 11.1. The van der Waals surface area contributed by atoms with Crippen LogP contribution >= 0.6 is 0 Å². The lowest BCUT2D eigenvalue weighted by molar-refractivity contribution is -0.132. The van der Waals surface area contributed by atoms with Crippen LogP contribution in [0.25, 0.3) is 0 Å². The Hall–Kier alpha value is -3.54. The van der Waals surface area contributed by atoms with E-state index in [1.54, 1.807) is 33.1 Å². The first-order chi connectivity index (χ1) is 20.2. The zero-order chi connectivity index (χ0) is 30.1. The fourth-order valence-electron chi connectivity index (χ4n) is 5.14. The first kappa shape index (κ1) is 31.4. The summed E-state index contributed by atoms with van der Waals surface area (Å²) < 4.78 is 16.0. The van der Waals surface area contributed by atoms with Crippen LogP contribution in [0.5, 0.6) is 5.75 Å². The lowest BCUT2D eigenvalue weighted by atomic mass is 9.94. The van der Waals surface area contributed by atoms with Gasteiger partial charge >= 0.3 is 0 Å². The molecule has 0 unspecified atom stereocenters. The molecule has 1 aromatic carbocycles. The fraction of sp³-hybridized carbons (Fsp3) is 0.548. The Labute approximate surface area is 247 Å². The van der Waals surface area contributed by atoms with Crippen LogP contribution in [-0.2, 0) is 35.1 Å². The van der Waals surface area contributed by atoms with Crippen molar-refractivity contribution in [2.45, 2.75) is 63.6 Å². The number of benzene rings is 1. The smallest absolute Gasteiger partial charge is 0.268 e. The van der Waals surface area contributed by atoms with E-state index in [-0.39, 0.29) is 30.4 Å². The molecule has 11 heteroatoms. The van der Waals surface area contributed by atoms with Gasteiger partial charge in [-0.15, -0.1) is 0 Å². The second kappa shape index (κ2) is 14.6. The van der Waals surface area contributed by atoms with E-state index in [0.717, 1.165) is 30.4 Å². The number of methoxy groups -OCH3 is 1. The van der Waals surface area contributed by atoms with Crippen molar-refractivity contribution in [2.24, 2.45) is 0 Å². The van der Waals surface area contributed by atoms with Crippen molar-refractivity contribution in [2.75, 3.05) is 46.6 Å². The van der Waals surface area contributed by atoms with Crippen LogP contribution in [-0.4, -0.2) is 92.7 Å². The molecule has 0 bridgehead atoms. The minimum atomic E-state index is -1.02. The number of epoxide rings is 1. The molecular formula is C31H42N4O7. The minimum absolute atomic E-state index is 0.0448. The fourth-order valence-corrected chi connectivity index (χ4v) is 5.14. The molecule has 3 aliphatic rings. The quantitative estimate of drug-likeness (QED) is 0.170. The SMILES string of the molecule is CC=C(NC(=O)CN1CCOCC1)C(=O)N[C@@H](Cc1ccc(OC)cc1)C(=O)N[C@@H](CC1=CCCC1)C(=O)[C@@]1(C)CO1. The largest absolute Gasteiger partial charge is 0.497 e. The number of rotatable bonds is 14. The maximum Gasteiger partial charge on any atom is 0.268 e. The normalized spacial score (nSPS) is 22.0. The third-order valence-corrected chi connectivity index (χ3v) is 7.83. The second-order valence-corrected chi connectivity index (χ2v) is 11.1. The molecule has 1 aromatic rings. The van der Waals surface area contributed by atoms with Gasteiger partial charge in [0.25, 0.3) is 5.91 Å². The molecule has 0 aromatic heterocycles. The molecule has 228 valence electrons. The van der Waals surface area contributed by atoms with Crippen molar-refractivity contribution in [1.82, 2.24) is 20.9 Å². The van der Waals surface area contributed by atoms with Gasteiger partial charge in [-0.2, -0.15) is 0 Å². The average molecular weight is 583 g/mol. The summed E-state index contributed by atoms with van der Waals surface area (Å²) >= 11 is 0. The molecule has 1 aliphatic carbocycles. The van der Waals surface area contributed by atoms with Crippen molar-refractivity contribution in [3.63, 3.8) is 0 Å². The number of nitrogens with one attached hydrogen (secondary N) is 3. The number of morpholine rings is 1. The van der Waals surface area contributed by atoms with E-state index in [1.165, 1.54) is 6.08 Å². The summed E-state index contributed by atoms with van der Waals surface area (Å²) in [5.74, 6) is -0.931. The third-order valence-electron chi connectivity index (χ3n) is 7.83. The van der Waals surface area contributed by atoms with E-state index in [4.69, 9.17) is 14.2 Å². The molecule has 0 saturated carbocycles. The van der Waals surface area contributed by atoms with E-state index < -0.39 is 29.5 Å². The van der Waals surface area contributed by atoms with Crippen LogP contribution in [0.3, 0.4) is 0 Å². The zero-order valence-electron chi connectivity index (χ0n) is 24.7. The van der Waals surface area contributed by atoms with Gasteiger partial charge in [0.2, 0.25) is 11.8 Å².